The summed E-state index contributed by atoms with van der Waals surface area (Å²) in [5, 5.41) is 5.30. The van der Waals surface area contributed by atoms with Crippen LogP contribution in [0.15, 0.2) is 18.2 Å². The number of methoxy groups -OCH3 is 1. The molecule has 5 nitrogen and oxygen atoms in total. The molecule has 0 aliphatic heterocycles. The number of carbonyl (C=O) groups is 2. The fourth-order valence-electron chi connectivity index (χ4n) is 1.25. The van der Waals surface area contributed by atoms with Gasteiger partial charge in [0.15, 0.2) is 0 Å². The summed E-state index contributed by atoms with van der Waals surface area (Å²) >= 11 is 5.90. The van der Waals surface area contributed by atoms with Gasteiger partial charge in [0.25, 0.3) is 0 Å². The maximum Gasteiger partial charge on any atom is 0.313 e. The van der Waals surface area contributed by atoms with Crippen molar-refractivity contribution in [2.45, 2.75) is 13.3 Å². The third-order valence-corrected chi connectivity index (χ3v) is 2.45. The van der Waals surface area contributed by atoms with Crippen LogP contribution in [-0.2, 0) is 9.59 Å². The number of carbonyl (C=O) groups excluding carboxylic acids is 2. The molecule has 0 radical (unpaired) electrons. The normalized spacial score (nSPS) is 9.72. The topological polar surface area (TPSA) is 67.4 Å². The van der Waals surface area contributed by atoms with Crippen molar-refractivity contribution in [1.29, 1.82) is 0 Å². The number of ether oxygens (including phenoxy) is 1. The van der Waals surface area contributed by atoms with E-state index < -0.39 is 11.8 Å². The average Bonchev–Trinajstić information content (AvgIpc) is 2.36. The first-order chi connectivity index (χ1) is 8.58. The van der Waals surface area contributed by atoms with Gasteiger partial charge in [0, 0.05) is 12.2 Å². The Morgan fingerprint density at radius 2 is 2.06 bits per heavy atom. The largest absolute Gasteiger partial charge is 0.495 e. The first kappa shape index (κ1) is 14.3. The van der Waals surface area contributed by atoms with Gasteiger partial charge in [0.2, 0.25) is 0 Å². The smallest absolute Gasteiger partial charge is 0.313 e. The van der Waals surface area contributed by atoms with Crippen LogP contribution in [0.3, 0.4) is 0 Å². The van der Waals surface area contributed by atoms with E-state index in [1.165, 1.54) is 13.2 Å². The first-order valence-electron chi connectivity index (χ1n) is 5.51. The highest BCUT2D eigenvalue weighted by Crippen LogP contribution is 2.27. The Labute approximate surface area is 110 Å². The van der Waals surface area contributed by atoms with Crippen molar-refractivity contribution in [3.8, 4) is 5.75 Å². The van der Waals surface area contributed by atoms with Crippen molar-refractivity contribution in [2.24, 2.45) is 0 Å². The van der Waals surface area contributed by atoms with Crippen molar-refractivity contribution < 1.29 is 14.3 Å². The van der Waals surface area contributed by atoms with Crippen molar-refractivity contribution in [3.05, 3.63) is 23.2 Å². The number of hydrogen-bond acceptors (Lipinski definition) is 3. The van der Waals surface area contributed by atoms with E-state index in [4.69, 9.17) is 16.3 Å². The van der Waals surface area contributed by atoms with E-state index in [1.807, 2.05) is 6.92 Å². The lowest BCUT2D eigenvalue weighted by Gasteiger charge is -2.08. The Bertz CT molecular complexity index is 449. The molecule has 0 aromatic heterocycles. The number of nitrogens with one attached hydrogen (secondary N) is 2. The molecule has 0 unspecified atom stereocenters. The molecule has 98 valence electrons. The minimum absolute atomic E-state index is 0.365. The van der Waals surface area contributed by atoms with Crippen molar-refractivity contribution in [2.75, 3.05) is 19.0 Å². The highest BCUT2D eigenvalue weighted by molar-refractivity contribution is 6.40. The summed E-state index contributed by atoms with van der Waals surface area (Å²) in [6.07, 6.45) is 0.771. The number of rotatable bonds is 4. The van der Waals surface area contributed by atoms with Crippen LogP contribution in [0.25, 0.3) is 0 Å². The summed E-state index contributed by atoms with van der Waals surface area (Å²) in [4.78, 5) is 22.8. The molecule has 0 heterocycles. The highest BCUT2D eigenvalue weighted by atomic mass is 35.5. The van der Waals surface area contributed by atoms with Crippen LogP contribution in [0.5, 0.6) is 5.75 Å². The molecule has 0 aliphatic rings. The molecule has 0 bridgehead atoms. The van der Waals surface area contributed by atoms with E-state index in [9.17, 15) is 9.59 Å². The molecule has 6 heteroatoms. The van der Waals surface area contributed by atoms with Crippen LogP contribution in [0.2, 0.25) is 5.02 Å². The standard InChI is InChI=1S/C12H15ClN2O3/c1-3-6-14-11(16)12(17)15-8-4-5-10(18-2)9(13)7-8/h4-5,7H,3,6H2,1-2H3,(H,14,16)(H,15,17). The van der Waals surface area contributed by atoms with Gasteiger partial charge >= 0.3 is 11.8 Å². The van der Waals surface area contributed by atoms with Gasteiger partial charge in [-0.05, 0) is 24.6 Å². The number of hydrogen-bond donors (Lipinski definition) is 2. The van der Waals surface area contributed by atoms with Crippen LogP contribution in [0, 0.1) is 0 Å². The van der Waals surface area contributed by atoms with Gasteiger partial charge in [-0.2, -0.15) is 0 Å². The zero-order valence-electron chi connectivity index (χ0n) is 10.2. The molecular formula is C12H15ClN2O3. The van der Waals surface area contributed by atoms with Gasteiger partial charge in [0.05, 0.1) is 12.1 Å². The first-order valence-corrected chi connectivity index (χ1v) is 5.89. The fourth-order valence-corrected chi connectivity index (χ4v) is 1.51. The molecule has 0 spiro atoms. The molecule has 1 aromatic carbocycles. The van der Waals surface area contributed by atoms with Gasteiger partial charge in [-0.15, -0.1) is 0 Å². The fraction of sp³-hybridized carbons (Fsp3) is 0.333. The van der Waals surface area contributed by atoms with Crippen LogP contribution in [0.1, 0.15) is 13.3 Å². The quantitative estimate of drug-likeness (QED) is 0.820. The third kappa shape index (κ3) is 3.92. The Hall–Kier alpha value is -1.75. The molecular weight excluding hydrogens is 256 g/mol. The highest BCUT2D eigenvalue weighted by Gasteiger charge is 2.13. The molecule has 1 aromatic rings. The summed E-state index contributed by atoms with van der Waals surface area (Å²) < 4.78 is 4.98. The number of benzene rings is 1. The number of anilines is 1. The molecule has 0 saturated carbocycles. The zero-order valence-corrected chi connectivity index (χ0v) is 11.0. The van der Waals surface area contributed by atoms with Crippen molar-refractivity contribution >= 4 is 29.1 Å². The van der Waals surface area contributed by atoms with Gasteiger partial charge in [-0.1, -0.05) is 18.5 Å². The Morgan fingerprint density at radius 1 is 1.33 bits per heavy atom. The molecule has 1 rings (SSSR count). The third-order valence-electron chi connectivity index (χ3n) is 2.15. The predicted molar refractivity (Wildman–Crippen MR) is 69.9 cm³/mol. The van der Waals surface area contributed by atoms with Gasteiger partial charge < -0.3 is 15.4 Å². The lowest BCUT2D eigenvalue weighted by molar-refractivity contribution is -0.136. The number of halogens is 1. The maximum atomic E-state index is 11.5. The Morgan fingerprint density at radius 3 is 2.61 bits per heavy atom. The second-order valence-electron chi connectivity index (χ2n) is 3.56. The van der Waals surface area contributed by atoms with Gasteiger partial charge in [-0.3, -0.25) is 9.59 Å². The molecule has 0 fully saturated rings. The Balaban J connectivity index is 2.64. The van der Waals surface area contributed by atoms with Gasteiger partial charge in [-0.25, -0.2) is 0 Å². The minimum Gasteiger partial charge on any atom is -0.495 e. The van der Waals surface area contributed by atoms with E-state index in [0.29, 0.717) is 23.0 Å². The van der Waals surface area contributed by atoms with E-state index >= 15 is 0 Å². The lowest BCUT2D eigenvalue weighted by Crippen LogP contribution is -2.35. The summed E-state index contributed by atoms with van der Waals surface area (Å²) in [6.45, 7) is 2.37. The number of amides is 2. The predicted octanol–water partition coefficient (Wildman–Crippen LogP) is 1.81. The molecule has 0 aliphatic carbocycles. The second-order valence-corrected chi connectivity index (χ2v) is 3.97. The van der Waals surface area contributed by atoms with Crippen molar-refractivity contribution in [3.63, 3.8) is 0 Å². The minimum atomic E-state index is -0.718. The maximum absolute atomic E-state index is 11.5. The van der Waals surface area contributed by atoms with Crippen LogP contribution < -0.4 is 15.4 Å². The Kier molecular flexibility index (Phi) is 5.45. The van der Waals surface area contributed by atoms with E-state index in [2.05, 4.69) is 10.6 Å². The lowest BCUT2D eigenvalue weighted by atomic mass is 10.3. The monoisotopic (exact) mass is 270 g/mol. The average molecular weight is 271 g/mol. The summed E-state index contributed by atoms with van der Waals surface area (Å²) in [6, 6.07) is 4.74. The van der Waals surface area contributed by atoms with E-state index in [1.54, 1.807) is 12.1 Å². The van der Waals surface area contributed by atoms with E-state index in [-0.39, 0.29) is 0 Å². The molecule has 2 N–H and O–H groups in total. The van der Waals surface area contributed by atoms with E-state index in [0.717, 1.165) is 6.42 Å². The molecule has 18 heavy (non-hydrogen) atoms. The SMILES string of the molecule is CCCNC(=O)C(=O)Nc1ccc(OC)c(Cl)c1. The van der Waals surface area contributed by atoms with Crippen LogP contribution >= 0.6 is 11.6 Å². The molecule has 0 saturated heterocycles. The summed E-state index contributed by atoms with van der Waals surface area (Å²) in [5.74, 6) is -0.876. The zero-order chi connectivity index (χ0) is 13.5. The molecule has 2 amide bonds. The van der Waals surface area contributed by atoms with Crippen LogP contribution in [-0.4, -0.2) is 25.5 Å². The summed E-state index contributed by atoms with van der Waals surface area (Å²) in [7, 11) is 1.50. The van der Waals surface area contributed by atoms with Crippen LogP contribution in [0.4, 0.5) is 5.69 Å². The summed E-state index contributed by atoms with van der Waals surface area (Å²) in [5.41, 5.74) is 0.442. The van der Waals surface area contributed by atoms with Crippen molar-refractivity contribution in [1.82, 2.24) is 5.32 Å². The van der Waals surface area contributed by atoms with Gasteiger partial charge in [0.1, 0.15) is 5.75 Å². The second kappa shape index (κ2) is 6.86. The molecule has 0 atom stereocenters.